The van der Waals surface area contributed by atoms with Crippen molar-refractivity contribution in [3.8, 4) is 0 Å². The Morgan fingerprint density at radius 2 is 1.54 bits per heavy atom. The highest BCUT2D eigenvalue weighted by molar-refractivity contribution is 6.31. The van der Waals surface area contributed by atoms with Crippen molar-refractivity contribution >= 4 is 23.0 Å². The van der Waals surface area contributed by atoms with E-state index in [1.54, 1.807) is 0 Å². The van der Waals surface area contributed by atoms with E-state index in [0.29, 0.717) is 0 Å². The molecule has 3 aromatic carbocycles. The number of fused-ring (bicyclic) bond motifs is 1. The Labute approximate surface area is 147 Å². The zero-order chi connectivity index (χ0) is 16.5. The third kappa shape index (κ3) is 2.59. The number of nitrogens with zero attached hydrogens (tertiary/aromatic N) is 2. The molecular weight excluding hydrogens is 316 g/mol. The Morgan fingerprint density at radius 3 is 2.25 bits per heavy atom. The number of benzene rings is 3. The molecule has 2 nitrogen and oxygen atoms in total. The minimum Gasteiger partial charge on any atom is -0.349 e. The van der Waals surface area contributed by atoms with Gasteiger partial charge >= 0.3 is 0 Å². The van der Waals surface area contributed by atoms with Crippen LogP contribution in [0.25, 0.3) is 0 Å². The maximum atomic E-state index is 6.26. The fourth-order valence-electron chi connectivity index (χ4n) is 3.17. The second-order valence-corrected chi connectivity index (χ2v) is 6.34. The molecule has 1 aliphatic rings. The normalized spacial score (nSPS) is 16.5. The number of rotatable bonds is 2. The monoisotopic (exact) mass is 332 g/mol. The van der Waals surface area contributed by atoms with Gasteiger partial charge in [-0.15, -0.1) is 0 Å². The van der Waals surface area contributed by atoms with E-state index in [0.717, 1.165) is 27.5 Å². The molecule has 4 rings (SSSR count). The summed E-state index contributed by atoms with van der Waals surface area (Å²) in [5.74, 6) is 0. The number of aliphatic imine (C=N–C) groups is 1. The SMILES string of the molecule is CN1c2ccc(Cl)cc2C(c2ccccc2)=NC1c1ccccc1. The average molecular weight is 333 g/mol. The molecular formula is C21H17ClN2. The highest BCUT2D eigenvalue weighted by Gasteiger charge is 2.27. The lowest BCUT2D eigenvalue weighted by Crippen LogP contribution is -2.30. The first kappa shape index (κ1) is 15.0. The van der Waals surface area contributed by atoms with Crippen LogP contribution in [0.2, 0.25) is 5.02 Å². The highest BCUT2D eigenvalue weighted by Crippen LogP contribution is 2.37. The summed E-state index contributed by atoms with van der Waals surface area (Å²) in [7, 11) is 2.08. The molecule has 0 aromatic heterocycles. The van der Waals surface area contributed by atoms with Crippen LogP contribution in [0.5, 0.6) is 0 Å². The van der Waals surface area contributed by atoms with Crippen LogP contribution in [-0.2, 0) is 0 Å². The van der Waals surface area contributed by atoms with E-state index in [9.17, 15) is 0 Å². The van der Waals surface area contributed by atoms with Gasteiger partial charge in [-0.25, -0.2) is 0 Å². The Kier molecular flexibility index (Phi) is 3.83. The predicted molar refractivity (Wildman–Crippen MR) is 101 cm³/mol. The van der Waals surface area contributed by atoms with E-state index in [4.69, 9.17) is 16.6 Å². The van der Waals surface area contributed by atoms with Crippen LogP contribution in [-0.4, -0.2) is 12.8 Å². The summed E-state index contributed by atoms with van der Waals surface area (Å²) in [6.45, 7) is 0. The zero-order valence-corrected chi connectivity index (χ0v) is 14.1. The lowest BCUT2D eigenvalue weighted by molar-refractivity contribution is 0.699. The van der Waals surface area contributed by atoms with Crippen LogP contribution in [0, 0.1) is 0 Å². The molecule has 0 fully saturated rings. The molecule has 0 saturated heterocycles. The van der Waals surface area contributed by atoms with Gasteiger partial charge in [-0.1, -0.05) is 72.3 Å². The average Bonchev–Trinajstić information content (AvgIpc) is 2.63. The van der Waals surface area contributed by atoms with Gasteiger partial charge in [0.05, 0.1) is 5.71 Å². The third-order valence-electron chi connectivity index (χ3n) is 4.36. The first-order valence-electron chi connectivity index (χ1n) is 7.95. The second-order valence-electron chi connectivity index (χ2n) is 5.90. The van der Waals surface area contributed by atoms with Crippen molar-refractivity contribution in [2.45, 2.75) is 6.17 Å². The molecule has 0 aliphatic carbocycles. The van der Waals surface area contributed by atoms with Gasteiger partial charge in [-0.05, 0) is 23.8 Å². The molecule has 1 atom stereocenters. The standard InChI is InChI=1S/C21H17ClN2/c1-24-19-13-12-17(22)14-18(19)20(15-8-4-2-5-9-15)23-21(24)16-10-6-3-7-11-16/h2-14,21H,1H3. The molecule has 0 radical (unpaired) electrons. The number of hydrogen-bond acceptors (Lipinski definition) is 2. The lowest BCUT2D eigenvalue weighted by Gasteiger charge is -2.34. The van der Waals surface area contributed by atoms with Crippen molar-refractivity contribution in [1.29, 1.82) is 0 Å². The Hall–Kier alpha value is -2.58. The van der Waals surface area contributed by atoms with Crippen molar-refractivity contribution in [1.82, 2.24) is 0 Å². The smallest absolute Gasteiger partial charge is 0.147 e. The number of hydrogen-bond donors (Lipinski definition) is 0. The van der Waals surface area contributed by atoms with Crippen LogP contribution in [0.4, 0.5) is 5.69 Å². The van der Waals surface area contributed by atoms with Gasteiger partial charge < -0.3 is 4.90 Å². The molecule has 3 heteroatoms. The molecule has 1 aliphatic heterocycles. The van der Waals surface area contributed by atoms with Crippen molar-refractivity contribution in [3.63, 3.8) is 0 Å². The molecule has 0 bridgehead atoms. The first-order chi connectivity index (χ1) is 11.7. The molecule has 0 N–H and O–H groups in total. The summed E-state index contributed by atoms with van der Waals surface area (Å²) in [5, 5.41) is 0.726. The number of halogens is 1. The second kappa shape index (κ2) is 6.14. The number of anilines is 1. The van der Waals surface area contributed by atoms with E-state index >= 15 is 0 Å². The minimum atomic E-state index is -0.0462. The lowest BCUT2D eigenvalue weighted by atomic mass is 9.96. The first-order valence-corrected chi connectivity index (χ1v) is 8.33. The van der Waals surface area contributed by atoms with Crippen molar-refractivity contribution < 1.29 is 0 Å². The van der Waals surface area contributed by atoms with Gasteiger partial charge in [-0.2, -0.15) is 0 Å². The quantitative estimate of drug-likeness (QED) is 0.619. The maximum absolute atomic E-state index is 6.26. The molecule has 118 valence electrons. The fraction of sp³-hybridized carbons (Fsp3) is 0.0952. The molecule has 0 saturated carbocycles. The van der Waals surface area contributed by atoms with Crippen LogP contribution in [0.3, 0.4) is 0 Å². The molecule has 1 heterocycles. The molecule has 24 heavy (non-hydrogen) atoms. The van der Waals surface area contributed by atoms with E-state index in [2.05, 4.69) is 54.4 Å². The fourth-order valence-corrected chi connectivity index (χ4v) is 3.34. The van der Waals surface area contributed by atoms with Crippen LogP contribution in [0.15, 0.2) is 83.9 Å². The summed E-state index contributed by atoms with van der Waals surface area (Å²) in [4.78, 5) is 7.27. The van der Waals surface area contributed by atoms with Crippen molar-refractivity contribution in [2.24, 2.45) is 4.99 Å². The summed E-state index contributed by atoms with van der Waals surface area (Å²) in [6.07, 6.45) is -0.0462. The topological polar surface area (TPSA) is 15.6 Å². The van der Waals surface area contributed by atoms with Crippen molar-refractivity contribution in [3.05, 3.63) is 101 Å². The Bertz CT molecular complexity index is 888. The molecule has 3 aromatic rings. The Morgan fingerprint density at radius 1 is 0.875 bits per heavy atom. The van der Waals surface area contributed by atoms with Gasteiger partial charge in [0.1, 0.15) is 6.17 Å². The zero-order valence-electron chi connectivity index (χ0n) is 13.4. The van der Waals surface area contributed by atoms with Crippen LogP contribution >= 0.6 is 11.6 Å². The highest BCUT2D eigenvalue weighted by atomic mass is 35.5. The largest absolute Gasteiger partial charge is 0.349 e. The van der Waals surface area contributed by atoms with E-state index < -0.39 is 0 Å². The summed E-state index contributed by atoms with van der Waals surface area (Å²) < 4.78 is 0. The van der Waals surface area contributed by atoms with Crippen LogP contribution in [0.1, 0.15) is 22.9 Å². The summed E-state index contributed by atoms with van der Waals surface area (Å²) >= 11 is 6.26. The summed E-state index contributed by atoms with van der Waals surface area (Å²) in [6, 6.07) is 26.7. The van der Waals surface area contributed by atoms with Gasteiger partial charge in [0.25, 0.3) is 0 Å². The van der Waals surface area contributed by atoms with Gasteiger partial charge in [0, 0.05) is 28.9 Å². The van der Waals surface area contributed by atoms with E-state index in [1.807, 2.05) is 36.4 Å². The molecule has 0 spiro atoms. The van der Waals surface area contributed by atoms with Crippen molar-refractivity contribution in [2.75, 3.05) is 11.9 Å². The van der Waals surface area contributed by atoms with Gasteiger partial charge in [0.2, 0.25) is 0 Å². The summed E-state index contributed by atoms with van der Waals surface area (Å²) in [5.41, 5.74) is 5.48. The molecule has 1 unspecified atom stereocenters. The minimum absolute atomic E-state index is 0.0462. The van der Waals surface area contributed by atoms with E-state index in [-0.39, 0.29) is 6.17 Å². The maximum Gasteiger partial charge on any atom is 0.147 e. The van der Waals surface area contributed by atoms with E-state index in [1.165, 1.54) is 5.56 Å². The van der Waals surface area contributed by atoms with Gasteiger partial charge in [-0.3, -0.25) is 4.99 Å². The predicted octanol–water partition coefficient (Wildman–Crippen LogP) is 5.33. The van der Waals surface area contributed by atoms with Crippen LogP contribution < -0.4 is 4.90 Å². The Balaban J connectivity index is 1.92. The molecule has 0 amide bonds. The third-order valence-corrected chi connectivity index (χ3v) is 4.59. The van der Waals surface area contributed by atoms with Gasteiger partial charge in [0.15, 0.2) is 0 Å².